The van der Waals surface area contributed by atoms with Crippen molar-refractivity contribution in [3.05, 3.63) is 0 Å². The van der Waals surface area contributed by atoms with Gasteiger partial charge in [0, 0.05) is 19.1 Å². The Labute approximate surface area is 113 Å². The molecule has 110 valence electrons. The number of aliphatic carboxylic acids is 1. The van der Waals surface area contributed by atoms with Crippen molar-refractivity contribution in [1.29, 1.82) is 0 Å². The number of aliphatic hydroxyl groups is 1. The van der Waals surface area contributed by atoms with Crippen LogP contribution in [0.3, 0.4) is 0 Å². The summed E-state index contributed by atoms with van der Waals surface area (Å²) >= 11 is 0. The third-order valence-electron chi connectivity index (χ3n) is 3.33. The first kappa shape index (κ1) is 15.8. The molecule has 0 aliphatic heterocycles. The largest absolute Gasteiger partial charge is 0.481 e. The number of unbranched alkanes of at least 4 members (excludes halogenated alkanes) is 1. The molecule has 0 aromatic heterocycles. The lowest BCUT2D eigenvalue weighted by Gasteiger charge is -2.25. The quantitative estimate of drug-likeness (QED) is 0.585. The van der Waals surface area contributed by atoms with Crippen LogP contribution in [-0.2, 0) is 4.79 Å². The fourth-order valence-electron chi connectivity index (χ4n) is 2.06. The number of nitrogens with zero attached hydrogens (tertiary/aromatic N) is 1. The molecular formula is C13H24N2O4. The number of aliphatic hydroxyl groups excluding tert-OH is 1. The van der Waals surface area contributed by atoms with Gasteiger partial charge in [0.1, 0.15) is 0 Å². The van der Waals surface area contributed by atoms with Gasteiger partial charge in [0.25, 0.3) is 0 Å². The normalized spacial score (nSPS) is 15.9. The van der Waals surface area contributed by atoms with Crippen molar-refractivity contribution in [2.75, 3.05) is 19.7 Å². The molecule has 0 bridgehead atoms. The minimum atomic E-state index is -0.889. The number of hydrogen-bond acceptors (Lipinski definition) is 3. The minimum absolute atomic E-state index is 0.0306. The summed E-state index contributed by atoms with van der Waals surface area (Å²) in [4.78, 5) is 24.4. The Hall–Kier alpha value is -1.30. The third-order valence-corrected chi connectivity index (χ3v) is 3.33. The van der Waals surface area contributed by atoms with Gasteiger partial charge in [0.2, 0.25) is 0 Å². The summed E-state index contributed by atoms with van der Waals surface area (Å²) in [6.45, 7) is 2.83. The monoisotopic (exact) mass is 272 g/mol. The van der Waals surface area contributed by atoms with Crippen LogP contribution in [0.5, 0.6) is 0 Å². The molecule has 1 rings (SSSR count). The predicted molar refractivity (Wildman–Crippen MR) is 70.9 cm³/mol. The molecule has 6 heteroatoms. The van der Waals surface area contributed by atoms with Crippen molar-refractivity contribution in [2.24, 2.45) is 5.92 Å². The van der Waals surface area contributed by atoms with E-state index in [9.17, 15) is 9.59 Å². The Morgan fingerprint density at radius 2 is 2.05 bits per heavy atom. The molecule has 19 heavy (non-hydrogen) atoms. The number of hydrogen-bond donors (Lipinski definition) is 3. The molecule has 1 fully saturated rings. The number of carboxylic acids is 1. The van der Waals surface area contributed by atoms with E-state index in [1.807, 2.05) is 6.92 Å². The van der Waals surface area contributed by atoms with Crippen molar-refractivity contribution in [1.82, 2.24) is 10.2 Å². The van der Waals surface area contributed by atoms with Gasteiger partial charge in [-0.1, -0.05) is 13.3 Å². The predicted octanol–water partition coefficient (Wildman–Crippen LogP) is 1.04. The van der Waals surface area contributed by atoms with E-state index in [-0.39, 0.29) is 31.6 Å². The fourth-order valence-corrected chi connectivity index (χ4v) is 2.06. The third kappa shape index (κ3) is 5.92. The number of urea groups is 1. The van der Waals surface area contributed by atoms with Gasteiger partial charge >= 0.3 is 12.0 Å². The van der Waals surface area contributed by atoms with E-state index in [0.29, 0.717) is 12.5 Å². The van der Waals surface area contributed by atoms with Crippen LogP contribution in [0.1, 0.15) is 39.0 Å². The highest BCUT2D eigenvalue weighted by atomic mass is 16.4. The van der Waals surface area contributed by atoms with E-state index in [2.05, 4.69) is 5.32 Å². The van der Waals surface area contributed by atoms with E-state index < -0.39 is 5.97 Å². The molecule has 1 saturated carbocycles. The van der Waals surface area contributed by atoms with Crippen LogP contribution in [0.2, 0.25) is 0 Å². The summed E-state index contributed by atoms with van der Waals surface area (Å²) in [5, 5.41) is 20.6. The average Bonchev–Trinajstić information content (AvgIpc) is 3.17. The van der Waals surface area contributed by atoms with Gasteiger partial charge in [-0.05, 0) is 25.2 Å². The molecular weight excluding hydrogens is 248 g/mol. The van der Waals surface area contributed by atoms with Gasteiger partial charge in [-0.25, -0.2) is 4.79 Å². The molecule has 1 unspecified atom stereocenters. The molecule has 0 aromatic rings. The first-order chi connectivity index (χ1) is 9.08. The SMILES string of the molecule is CCCCN(CCO)C(=O)NC(CC(=O)O)C1CC1. The van der Waals surface area contributed by atoms with E-state index in [0.717, 1.165) is 25.7 Å². The molecule has 1 atom stereocenters. The zero-order valence-corrected chi connectivity index (χ0v) is 11.5. The first-order valence-corrected chi connectivity index (χ1v) is 6.96. The maximum absolute atomic E-state index is 12.1. The second-order valence-corrected chi connectivity index (χ2v) is 5.06. The highest BCUT2D eigenvalue weighted by Crippen LogP contribution is 2.34. The van der Waals surface area contributed by atoms with Crippen molar-refractivity contribution >= 4 is 12.0 Å². The average molecular weight is 272 g/mol. The highest BCUT2D eigenvalue weighted by Gasteiger charge is 2.34. The van der Waals surface area contributed by atoms with Crippen molar-refractivity contribution in [3.8, 4) is 0 Å². The van der Waals surface area contributed by atoms with Crippen LogP contribution in [0.15, 0.2) is 0 Å². The van der Waals surface area contributed by atoms with Gasteiger partial charge in [0.15, 0.2) is 0 Å². The van der Waals surface area contributed by atoms with Gasteiger partial charge in [-0.15, -0.1) is 0 Å². The summed E-state index contributed by atoms with van der Waals surface area (Å²) in [7, 11) is 0. The van der Waals surface area contributed by atoms with Crippen LogP contribution < -0.4 is 5.32 Å². The molecule has 2 amide bonds. The van der Waals surface area contributed by atoms with E-state index in [4.69, 9.17) is 10.2 Å². The van der Waals surface area contributed by atoms with Crippen LogP contribution >= 0.6 is 0 Å². The summed E-state index contributed by atoms with van der Waals surface area (Å²) in [5.41, 5.74) is 0. The summed E-state index contributed by atoms with van der Waals surface area (Å²) in [6, 6.07) is -0.548. The lowest BCUT2D eigenvalue weighted by atomic mass is 10.1. The molecule has 3 N–H and O–H groups in total. The van der Waals surface area contributed by atoms with E-state index >= 15 is 0 Å². The number of nitrogens with one attached hydrogen (secondary N) is 1. The Bertz CT molecular complexity index is 305. The fraction of sp³-hybridized carbons (Fsp3) is 0.846. The number of carbonyl (C=O) groups is 2. The second kappa shape index (κ2) is 7.99. The lowest BCUT2D eigenvalue weighted by molar-refractivity contribution is -0.137. The Morgan fingerprint density at radius 1 is 1.37 bits per heavy atom. The van der Waals surface area contributed by atoms with Crippen molar-refractivity contribution in [3.63, 3.8) is 0 Å². The lowest BCUT2D eigenvalue weighted by Crippen LogP contribution is -2.47. The summed E-state index contributed by atoms with van der Waals surface area (Å²) < 4.78 is 0. The minimum Gasteiger partial charge on any atom is -0.481 e. The Balaban J connectivity index is 2.49. The molecule has 0 spiro atoms. The van der Waals surface area contributed by atoms with Gasteiger partial charge in [0.05, 0.1) is 13.0 Å². The maximum atomic E-state index is 12.1. The topological polar surface area (TPSA) is 89.9 Å². The Kier molecular flexibility index (Phi) is 6.62. The summed E-state index contributed by atoms with van der Waals surface area (Å²) in [6.07, 6.45) is 3.77. The van der Waals surface area contributed by atoms with Gasteiger partial charge in [-0.3, -0.25) is 4.79 Å². The number of rotatable bonds is 9. The van der Waals surface area contributed by atoms with Gasteiger partial charge < -0.3 is 20.4 Å². The standard InChI is InChI=1S/C13H24N2O4/c1-2-3-6-15(7-8-16)13(19)14-11(9-12(17)18)10-4-5-10/h10-11,16H,2-9H2,1H3,(H,14,19)(H,17,18). The molecule has 0 heterocycles. The molecule has 0 aromatic carbocycles. The molecule has 1 aliphatic carbocycles. The van der Waals surface area contributed by atoms with Crippen LogP contribution in [0.4, 0.5) is 4.79 Å². The smallest absolute Gasteiger partial charge is 0.317 e. The second-order valence-electron chi connectivity index (χ2n) is 5.06. The highest BCUT2D eigenvalue weighted by molar-refractivity contribution is 5.76. The van der Waals surface area contributed by atoms with Gasteiger partial charge in [-0.2, -0.15) is 0 Å². The van der Waals surface area contributed by atoms with Crippen LogP contribution in [0, 0.1) is 5.92 Å². The van der Waals surface area contributed by atoms with Crippen molar-refractivity contribution in [2.45, 2.75) is 45.1 Å². The first-order valence-electron chi connectivity index (χ1n) is 6.96. The maximum Gasteiger partial charge on any atom is 0.317 e. The van der Waals surface area contributed by atoms with E-state index in [1.165, 1.54) is 0 Å². The molecule has 1 aliphatic rings. The molecule has 6 nitrogen and oxygen atoms in total. The summed E-state index contributed by atoms with van der Waals surface area (Å²) in [5.74, 6) is -0.596. The zero-order valence-electron chi connectivity index (χ0n) is 11.5. The molecule has 0 radical (unpaired) electrons. The molecule has 0 saturated heterocycles. The zero-order chi connectivity index (χ0) is 14.3. The number of carbonyl (C=O) groups excluding carboxylic acids is 1. The number of amides is 2. The van der Waals surface area contributed by atoms with E-state index in [1.54, 1.807) is 4.90 Å². The van der Waals surface area contributed by atoms with Crippen LogP contribution in [-0.4, -0.2) is 52.9 Å². The Morgan fingerprint density at radius 3 is 2.53 bits per heavy atom. The van der Waals surface area contributed by atoms with Crippen molar-refractivity contribution < 1.29 is 19.8 Å². The van der Waals surface area contributed by atoms with Crippen LogP contribution in [0.25, 0.3) is 0 Å². The number of carboxylic acid groups (broad SMARTS) is 1.